The zero-order chi connectivity index (χ0) is 14.1. The fourth-order valence-electron chi connectivity index (χ4n) is 2.96. The van der Waals surface area contributed by atoms with Gasteiger partial charge < -0.3 is 10.6 Å². The summed E-state index contributed by atoms with van der Waals surface area (Å²) in [5, 5.41) is 2.14. The first-order valence-electron chi connectivity index (χ1n) is 7.26. The molecule has 0 saturated carbocycles. The molecule has 1 fully saturated rings. The van der Waals surface area contributed by atoms with E-state index in [2.05, 4.69) is 6.92 Å². The molecule has 0 spiro atoms. The normalized spacial score (nSPS) is 18.6. The van der Waals surface area contributed by atoms with Gasteiger partial charge in [0.1, 0.15) is 0 Å². The molecule has 3 nitrogen and oxygen atoms in total. The average Bonchev–Trinajstić information content (AvgIpc) is 2.94. The highest BCUT2D eigenvalue weighted by molar-refractivity contribution is 6.04. The lowest BCUT2D eigenvalue weighted by Crippen LogP contribution is -2.29. The number of fused-ring (bicyclic) bond motifs is 1. The third-order valence-corrected chi connectivity index (χ3v) is 4.30. The zero-order valence-corrected chi connectivity index (χ0v) is 11.8. The van der Waals surface area contributed by atoms with Crippen LogP contribution in [0.2, 0.25) is 0 Å². The second-order valence-electron chi connectivity index (χ2n) is 5.60. The number of likely N-dealkylation sites (tertiary alicyclic amines) is 1. The Hall–Kier alpha value is -2.03. The molecule has 3 heteroatoms. The topological polar surface area (TPSA) is 46.3 Å². The number of benzene rings is 2. The maximum Gasteiger partial charge on any atom is 0.255 e. The fourth-order valence-corrected chi connectivity index (χ4v) is 2.96. The van der Waals surface area contributed by atoms with Gasteiger partial charge in [-0.25, -0.2) is 0 Å². The van der Waals surface area contributed by atoms with E-state index >= 15 is 0 Å². The molecule has 1 aliphatic heterocycles. The lowest BCUT2D eigenvalue weighted by Gasteiger charge is -2.18. The Kier molecular flexibility index (Phi) is 3.35. The van der Waals surface area contributed by atoms with Crippen LogP contribution in [0.3, 0.4) is 0 Å². The predicted molar refractivity (Wildman–Crippen MR) is 82.7 cm³/mol. The minimum Gasteiger partial charge on any atom is -0.398 e. The highest BCUT2D eigenvalue weighted by Crippen LogP contribution is 2.26. The first-order valence-corrected chi connectivity index (χ1v) is 7.26. The van der Waals surface area contributed by atoms with Crippen molar-refractivity contribution in [3.05, 3.63) is 42.0 Å². The van der Waals surface area contributed by atoms with Gasteiger partial charge in [0.25, 0.3) is 5.91 Å². The van der Waals surface area contributed by atoms with Crippen molar-refractivity contribution < 1.29 is 4.79 Å². The van der Waals surface area contributed by atoms with Crippen LogP contribution < -0.4 is 5.73 Å². The fraction of sp³-hybridized carbons (Fsp3) is 0.353. The van der Waals surface area contributed by atoms with Crippen LogP contribution in [0.1, 0.15) is 30.1 Å². The minimum atomic E-state index is 0.0733. The molecule has 0 radical (unpaired) electrons. The summed E-state index contributed by atoms with van der Waals surface area (Å²) in [5.41, 5.74) is 7.29. The standard InChI is InChI=1S/C17H20N2O/c1-2-12-7-8-19(11-12)17(20)15-9-13-5-3-4-6-14(13)10-16(15)18/h3-6,9-10,12H,2,7-8,11,18H2,1H3. The summed E-state index contributed by atoms with van der Waals surface area (Å²) in [4.78, 5) is 14.6. The summed E-state index contributed by atoms with van der Waals surface area (Å²) in [6.45, 7) is 3.90. The van der Waals surface area contributed by atoms with E-state index in [-0.39, 0.29) is 5.91 Å². The number of rotatable bonds is 2. The largest absolute Gasteiger partial charge is 0.398 e. The molecule has 3 rings (SSSR count). The molecule has 1 saturated heterocycles. The summed E-state index contributed by atoms with van der Waals surface area (Å²) in [5.74, 6) is 0.713. The molecular weight excluding hydrogens is 248 g/mol. The third kappa shape index (κ3) is 2.24. The highest BCUT2D eigenvalue weighted by atomic mass is 16.2. The number of nitrogen functional groups attached to an aromatic ring is 1. The van der Waals surface area contributed by atoms with E-state index in [0.29, 0.717) is 17.2 Å². The van der Waals surface area contributed by atoms with Gasteiger partial charge in [-0.2, -0.15) is 0 Å². The van der Waals surface area contributed by atoms with Crippen molar-refractivity contribution in [2.75, 3.05) is 18.8 Å². The van der Waals surface area contributed by atoms with Gasteiger partial charge in [-0.15, -0.1) is 0 Å². The molecule has 1 atom stereocenters. The second-order valence-corrected chi connectivity index (χ2v) is 5.60. The van der Waals surface area contributed by atoms with Crippen LogP contribution in [0, 0.1) is 5.92 Å². The molecule has 1 amide bonds. The summed E-state index contributed by atoms with van der Waals surface area (Å²) in [6.07, 6.45) is 2.24. The van der Waals surface area contributed by atoms with Gasteiger partial charge in [0, 0.05) is 18.8 Å². The number of hydrogen-bond acceptors (Lipinski definition) is 2. The Bertz CT molecular complexity index is 650. The van der Waals surface area contributed by atoms with Crippen LogP contribution in [0.4, 0.5) is 5.69 Å². The van der Waals surface area contributed by atoms with Gasteiger partial charge in [0.05, 0.1) is 5.56 Å². The van der Waals surface area contributed by atoms with E-state index in [9.17, 15) is 4.79 Å². The lowest BCUT2D eigenvalue weighted by molar-refractivity contribution is 0.0788. The molecule has 2 aromatic rings. The van der Waals surface area contributed by atoms with Crippen LogP contribution >= 0.6 is 0 Å². The van der Waals surface area contributed by atoms with Gasteiger partial charge >= 0.3 is 0 Å². The molecular formula is C17H20N2O. The van der Waals surface area contributed by atoms with Crippen molar-refractivity contribution >= 4 is 22.4 Å². The van der Waals surface area contributed by atoms with E-state index in [0.717, 1.165) is 36.7 Å². The Morgan fingerprint density at radius 2 is 2.00 bits per heavy atom. The SMILES string of the molecule is CCC1CCN(C(=O)c2cc3ccccc3cc2N)C1. The van der Waals surface area contributed by atoms with E-state index in [1.54, 1.807) is 0 Å². The lowest BCUT2D eigenvalue weighted by atomic mass is 10.0. The van der Waals surface area contributed by atoms with Gasteiger partial charge in [-0.3, -0.25) is 4.79 Å². The number of amides is 1. The number of carbonyl (C=O) groups excluding carboxylic acids is 1. The van der Waals surface area contributed by atoms with Crippen molar-refractivity contribution in [2.45, 2.75) is 19.8 Å². The first kappa shape index (κ1) is 13.0. The van der Waals surface area contributed by atoms with Crippen molar-refractivity contribution in [1.29, 1.82) is 0 Å². The molecule has 0 bridgehead atoms. The quantitative estimate of drug-likeness (QED) is 0.849. The predicted octanol–water partition coefficient (Wildman–Crippen LogP) is 3.29. The summed E-state index contributed by atoms with van der Waals surface area (Å²) in [6, 6.07) is 11.8. The summed E-state index contributed by atoms with van der Waals surface area (Å²) in [7, 11) is 0. The van der Waals surface area contributed by atoms with Crippen LogP contribution in [0.5, 0.6) is 0 Å². The van der Waals surface area contributed by atoms with Crippen LogP contribution in [-0.2, 0) is 0 Å². The summed E-state index contributed by atoms with van der Waals surface area (Å²) < 4.78 is 0. The molecule has 1 heterocycles. The van der Waals surface area contributed by atoms with Crippen molar-refractivity contribution in [1.82, 2.24) is 4.90 Å². The van der Waals surface area contributed by atoms with E-state index < -0.39 is 0 Å². The minimum absolute atomic E-state index is 0.0733. The number of nitrogens with zero attached hydrogens (tertiary/aromatic N) is 1. The Labute approximate surface area is 119 Å². The molecule has 20 heavy (non-hydrogen) atoms. The molecule has 0 aromatic heterocycles. The molecule has 2 N–H and O–H groups in total. The van der Waals surface area contributed by atoms with E-state index in [4.69, 9.17) is 5.73 Å². The monoisotopic (exact) mass is 268 g/mol. The van der Waals surface area contributed by atoms with Crippen molar-refractivity contribution in [2.24, 2.45) is 5.92 Å². The number of nitrogens with two attached hydrogens (primary N) is 1. The molecule has 1 unspecified atom stereocenters. The van der Waals surface area contributed by atoms with Crippen molar-refractivity contribution in [3.8, 4) is 0 Å². The smallest absolute Gasteiger partial charge is 0.255 e. The number of hydrogen-bond donors (Lipinski definition) is 1. The third-order valence-electron chi connectivity index (χ3n) is 4.30. The molecule has 104 valence electrons. The van der Waals surface area contributed by atoms with Crippen molar-refractivity contribution in [3.63, 3.8) is 0 Å². The van der Waals surface area contributed by atoms with Gasteiger partial charge in [0.15, 0.2) is 0 Å². The molecule has 1 aliphatic rings. The Morgan fingerprint density at radius 3 is 2.65 bits per heavy atom. The average molecular weight is 268 g/mol. The van der Waals surface area contributed by atoms with Gasteiger partial charge in [0.2, 0.25) is 0 Å². The van der Waals surface area contributed by atoms with Crippen LogP contribution in [0.25, 0.3) is 10.8 Å². The van der Waals surface area contributed by atoms with E-state index in [1.807, 2.05) is 41.3 Å². The first-order chi connectivity index (χ1) is 9.69. The van der Waals surface area contributed by atoms with Gasteiger partial charge in [-0.1, -0.05) is 37.6 Å². The number of carbonyl (C=O) groups is 1. The summed E-state index contributed by atoms with van der Waals surface area (Å²) >= 11 is 0. The Balaban J connectivity index is 1.93. The Morgan fingerprint density at radius 1 is 1.30 bits per heavy atom. The zero-order valence-electron chi connectivity index (χ0n) is 11.8. The second kappa shape index (κ2) is 5.16. The van der Waals surface area contributed by atoms with Gasteiger partial charge in [-0.05, 0) is 35.2 Å². The maximum atomic E-state index is 12.6. The highest BCUT2D eigenvalue weighted by Gasteiger charge is 2.26. The van der Waals surface area contributed by atoms with Crippen LogP contribution in [0.15, 0.2) is 36.4 Å². The number of anilines is 1. The maximum absolute atomic E-state index is 12.6. The molecule has 2 aromatic carbocycles. The van der Waals surface area contributed by atoms with Crippen LogP contribution in [-0.4, -0.2) is 23.9 Å². The molecule has 0 aliphatic carbocycles. The van der Waals surface area contributed by atoms with E-state index in [1.165, 1.54) is 0 Å².